The first-order valence-electron chi connectivity index (χ1n) is 18.7. The molecule has 5 nitrogen and oxygen atoms in total. The molecule has 0 saturated carbocycles. The first-order valence-corrected chi connectivity index (χ1v) is 18.7. The van der Waals surface area contributed by atoms with Crippen LogP contribution in [-0.4, -0.2) is 36.4 Å². The Kier molecular flexibility index (Phi) is 34.0. The molecule has 0 aromatic carbocycles. The normalized spacial score (nSPS) is 12.2. The molecule has 0 amide bonds. The van der Waals surface area contributed by atoms with Gasteiger partial charge in [-0.15, -0.1) is 0 Å². The number of unbranched alkanes of at least 4 members (excludes halogenated alkanes) is 24. The number of allylic oxidation sites excluding steroid dienone is 2. The van der Waals surface area contributed by atoms with Crippen molar-refractivity contribution in [3.05, 3.63) is 12.2 Å². The van der Waals surface area contributed by atoms with Gasteiger partial charge in [0, 0.05) is 12.8 Å². The summed E-state index contributed by atoms with van der Waals surface area (Å²) in [6.45, 7) is 4.11. The van der Waals surface area contributed by atoms with E-state index in [2.05, 4.69) is 26.0 Å². The second-order valence-electron chi connectivity index (χ2n) is 12.7. The predicted octanol–water partition coefficient (Wildman–Crippen LogP) is 11.3. The fourth-order valence-corrected chi connectivity index (χ4v) is 5.43. The minimum absolute atomic E-state index is 0.0611. The summed E-state index contributed by atoms with van der Waals surface area (Å²) < 4.78 is 10.5. The van der Waals surface area contributed by atoms with Crippen LogP contribution < -0.4 is 0 Å². The van der Waals surface area contributed by atoms with E-state index in [0.29, 0.717) is 12.8 Å². The lowest BCUT2D eigenvalue weighted by atomic mass is 10.0. The molecule has 0 aromatic heterocycles. The second-order valence-corrected chi connectivity index (χ2v) is 12.7. The van der Waals surface area contributed by atoms with Crippen LogP contribution >= 0.6 is 0 Å². The van der Waals surface area contributed by atoms with E-state index in [1.165, 1.54) is 135 Å². The van der Waals surface area contributed by atoms with Gasteiger partial charge in [0.25, 0.3) is 0 Å². The zero-order valence-electron chi connectivity index (χ0n) is 28.7. The molecule has 0 aliphatic heterocycles. The Bertz CT molecular complexity index is 617. The molecule has 0 aliphatic carbocycles. The van der Waals surface area contributed by atoms with Crippen molar-refractivity contribution >= 4 is 11.9 Å². The van der Waals surface area contributed by atoms with E-state index in [-0.39, 0.29) is 25.2 Å². The van der Waals surface area contributed by atoms with Crippen molar-refractivity contribution in [2.75, 3.05) is 13.2 Å². The summed E-state index contributed by atoms with van der Waals surface area (Å²) in [6.07, 6.45) is 38.5. The topological polar surface area (TPSA) is 72.8 Å². The highest BCUT2D eigenvalue weighted by molar-refractivity contribution is 5.70. The van der Waals surface area contributed by atoms with Crippen LogP contribution in [0.1, 0.15) is 200 Å². The maximum atomic E-state index is 12.1. The summed E-state index contributed by atoms with van der Waals surface area (Å²) in [4.78, 5) is 24.1. The number of ether oxygens (including phenoxy) is 2. The summed E-state index contributed by atoms with van der Waals surface area (Å²) in [5.74, 6) is -0.589. The number of carbonyl (C=O) groups is 2. The first-order chi connectivity index (χ1) is 21.1. The highest BCUT2D eigenvalue weighted by atomic mass is 16.6. The molecule has 0 unspecified atom stereocenters. The van der Waals surface area contributed by atoms with E-state index in [0.717, 1.165) is 38.5 Å². The highest BCUT2D eigenvalue weighted by Gasteiger charge is 2.16. The number of esters is 2. The molecule has 5 heteroatoms. The molecule has 0 fully saturated rings. The Labute approximate surface area is 267 Å². The van der Waals surface area contributed by atoms with Gasteiger partial charge >= 0.3 is 11.9 Å². The molecule has 0 spiro atoms. The summed E-state index contributed by atoms with van der Waals surface area (Å²) in [7, 11) is 0. The molecular formula is C38H72O5. The number of rotatable bonds is 34. The van der Waals surface area contributed by atoms with Crippen molar-refractivity contribution in [2.45, 2.75) is 206 Å². The van der Waals surface area contributed by atoms with E-state index >= 15 is 0 Å². The van der Waals surface area contributed by atoms with Gasteiger partial charge < -0.3 is 14.6 Å². The van der Waals surface area contributed by atoms with Gasteiger partial charge in [-0.2, -0.15) is 0 Å². The zero-order chi connectivity index (χ0) is 31.5. The van der Waals surface area contributed by atoms with Crippen LogP contribution in [0.15, 0.2) is 12.2 Å². The molecule has 0 saturated heterocycles. The zero-order valence-corrected chi connectivity index (χ0v) is 28.7. The quantitative estimate of drug-likeness (QED) is 0.0447. The number of carbonyl (C=O) groups excluding carboxylic acids is 2. The molecular weight excluding hydrogens is 536 g/mol. The lowest BCUT2D eigenvalue weighted by Gasteiger charge is -2.15. The van der Waals surface area contributed by atoms with Gasteiger partial charge in [0.15, 0.2) is 6.10 Å². The van der Waals surface area contributed by atoms with Crippen molar-refractivity contribution in [2.24, 2.45) is 0 Å². The van der Waals surface area contributed by atoms with E-state index in [9.17, 15) is 14.7 Å². The minimum atomic E-state index is -0.763. The fourth-order valence-electron chi connectivity index (χ4n) is 5.43. The van der Waals surface area contributed by atoms with E-state index < -0.39 is 6.10 Å². The van der Waals surface area contributed by atoms with Gasteiger partial charge in [-0.1, -0.05) is 161 Å². The number of aliphatic hydroxyl groups is 1. The second kappa shape index (κ2) is 35.1. The van der Waals surface area contributed by atoms with Gasteiger partial charge in [-0.05, 0) is 38.5 Å². The van der Waals surface area contributed by atoms with Crippen LogP contribution in [0.3, 0.4) is 0 Å². The van der Waals surface area contributed by atoms with E-state index in [1.807, 2.05) is 0 Å². The average molecular weight is 609 g/mol. The van der Waals surface area contributed by atoms with Crippen LogP contribution in [-0.2, 0) is 19.1 Å². The summed E-state index contributed by atoms with van der Waals surface area (Å²) in [5, 5.41) is 9.50. The first kappa shape index (κ1) is 41.6. The summed E-state index contributed by atoms with van der Waals surface area (Å²) >= 11 is 0. The molecule has 0 rings (SSSR count). The molecule has 0 bridgehead atoms. The monoisotopic (exact) mass is 609 g/mol. The van der Waals surface area contributed by atoms with Gasteiger partial charge in [0.2, 0.25) is 0 Å². The molecule has 43 heavy (non-hydrogen) atoms. The Hall–Kier alpha value is -1.36. The lowest BCUT2D eigenvalue weighted by Crippen LogP contribution is -2.28. The van der Waals surface area contributed by atoms with Crippen LogP contribution in [0, 0.1) is 0 Å². The van der Waals surface area contributed by atoms with Gasteiger partial charge in [-0.3, -0.25) is 9.59 Å². The van der Waals surface area contributed by atoms with Crippen molar-refractivity contribution in [3.8, 4) is 0 Å². The summed E-state index contributed by atoms with van der Waals surface area (Å²) in [6, 6.07) is 0. The lowest BCUT2D eigenvalue weighted by molar-refractivity contribution is -0.161. The molecule has 0 aromatic rings. The van der Waals surface area contributed by atoms with Gasteiger partial charge in [0.05, 0.1) is 6.61 Å². The maximum Gasteiger partial charge on any atom is 0.306 e. The summed E-state index contributed by atoms with van der Waals surface area (Å²) in [5.41, 5.74) is 0. The van der Waals surface area contributed by atoms with Crippen LogP contribution in [0.25, 0.3) is 0 Å². The van der Waals surface area contributed by atoms with Crippen LogP contribution in [0.4, 0.5) is 0 Å². The predicted molar refractivity (Wildman–Crippen MR) is 182 cm³/mol. The number of hydrogen-bond donors (Lipinski definition) is 1. The molecule has 0 heterocycles. The SMILES string of the molecule is CCCCCCCC/C=C/CCCCCCCCCCCCCC(=O)O[C@@H](CO)COC(=O)CCCCCCCCCC. The highest BCUT2D eigenvalue weighted by Crippen LogP contribution is 2.14. The minimum Gasteiger partial charge on any atom is -0.462 e. The fraction of sp³-hybridized carbons (Fsp3) is 0.895. The van der Waals surface area contributed by atoms with Crippen LogP contribution in [0.5, 0.6) is 0 Å². The van der Waals surface area contributed by atoms with Crippen molar-refractivity contribution in [1.29, 1.82) is 0 Å². The molecule has 1 atom stereocenters. The van der Waals surface area contributed by atoms with Crippen molar-refractivity contribution < 1.29 is 24.2 Å². The van der Waals surface area contributed by atoms with Crippen molar-refractivity contribution in [3.63, 3.8) is 0 Å². The number of aliphatic hydroxyl groups excluding tert-OH is 1. The average Bonchev–Trinajstić information content (AvgIpc) is 3.01. The smallest absolute Gasteiger partial charge is 0.306 e. The molecule has 254 valence electrons. The molecule has 1 N–H and O–H groups in total. The van der Waals surface area contributed by atoms with E-state index in [4.69, 9.17) is 9.47 Å². The van der Waals surface area contributed by atoms with Crippen molar-refractivity contribution in [1.82, 2.24) is 0 Å². The molecule has 0 radical (unpaired) electrons. The van der Waals surface area contributed by atoms with E-state index in [1.54, 1.807) is 0 Å². The third-order valence-electron chi connectivity index (χ3n) is 8.31. The Morgan fingerprint density at radius 2 is 0.860 bits per heavy atom. The maximum absolute atomic E-state index is 12.1. The van der Waals surface area contributed by atoms with Crippen LogP contribution in [0.2, 0.25) is 0 Å². The Morgan fingerprint density at radius 3 is 1.26 bits per heavy atom. The third kappa shape index (κ3) is 33.4. The van der Waals surface area contributed by atoms with Gasteiger partial charge in [-0.25, -0.2) is 0 Å². The standard InChI is InChI=1S/C38H72O5/c1-3-5-7-9-11-13-14-15-16-17-18-19-20-21-22-23-24-25-27-29-31-33-38(41)43-36(34-39)35-42-37(40)32-30-28-26-12-10-8-6-4-2/h15-16,36,39H,3-14,17-35H2,1-2H3/b16-15+/t36-/m0/s1. The van der Waals surface area contributed by atoms with Gasteiger partial charge in [0.1, 0.15) is 6.61 Å². The number of hydrogen-bond acceptors (Lipinski definition) is 5. The Morgan fingerprint density at radius 1 is 0.512 bits per heavy atom. The largest absolute Gasteiger partial charge is 0.462 e. The Balaban J connectivity index is 3.48. The third-order valence-corrected chi connectivity index (χ3v) is 8.31. The molecule has 0 aliphatic rings.